The molecule has 1 aromatic rings. The predicted octanol–water partition coefficient (Wildman–Crippen LogP) is 1.45. The van der Waals surface area contributed by atoms with Crippen LogP contribution in [0.1, 0.15) is 5.56 Å². The Bertz CT molecular complexity index is 361. The molecule has 6 heteroatoms. The summed E-state index contributed by atoms with van der Waals surface area (Å²) in [6.45, 7) is 0.282. The Morgan fingerprint density at radius 2 is 2.07 bits per heavy atom. The Morgan fingerprint density at radius 3 is 2.53 bits per heavy atom. The first kappa shape index (κ1) is 11.0. The maximum absolute atomic E-state index is 10.7. The highest BCUT2D eigenvalue weighted by Crippen LogP contribution is 2.11. The second-order valence-electron chi connectivity index (χ2n) is 2.77. The van der Waals surface area contributed by atoms with Crippen LogP contribution in [0.3, 0.4) is 0 Å². The first-order valence-corrected chi connectivity index (χ1v) is 4.18. The van der Waals surface area contributed by atoms with Crippen molar-refractivity contribution in [1.82, 2.24) is 5.32 Å². The number of carbonyl (C=O) groups is 1. The van der Waals surface area contributed by atoms with E-state index in [1.807, 2.05) is 0 Å². The first-order valence-electron chi connectivity index (χ1n) is 4.18. The molecule has 0 saturated carbocycles. The van der Waals surface area contributed by atoms with Crippen molar-refractivity contribution in [2.75, 3.05) is 7.11 Å². The van der Waals surface area contributed by atoms with Gasteiger partial charge >= 0.3 is 6.09 Å². The lowest BCUT2D eigenvalue weighted by Crippen LogP contribution is -2.22. The van der Waals surface area contributed by atoms with Gasteiger partial charge in [0.05, 0.1) is 12.0 Å². The smallest absolute Gasteiger partial charge is 0.407 e. The van der Waals surface area contributed by atoms with Gasteiger partial charge in [-0.2, -0.15) is 0 Å². The molecule has 1 N–H and O–H groups in total. The van der Waals surface area contributed by atoms with Crippen LogP contribution >= 0.6 is 0 Å². The molecule has 1 amide bonds. The Labute approximate surface area is 86.0 Å². The van der Waals surface area contributed by atoms with Gasteiger partial charge in [-0.25, -0.2) is 4.79 Å². The highest BCUT2D eigenvalue weighted by atomic mass is 16.6. The third kappa shape index (κ3) is 3.26. The van der Waals surface area contributed by atoms with Gasteiger partial charge in [-0.05, 0) is 5.56 Å². The number of benzene rings is 1. The van der Waals surface area contributed by atoms with Gasteiger partial charge in [-0.3, -0.25) is 10.1 Å². The van der Waals surface area contributed by atoms with Gasteiger partial charge in [0, 0.05) is 18.7 Å². The predicted molar refractivity (Wildman–Crippen MR) is 52.3 cm³/mol. The lowest BCUT2D eigenvalue weighted by molar-refractivity contribution is -0.384. The number of rotatable bonds is 3. The summed E-state index contributed by atoms with van der Waals surface area (Å²) in [4.78, 5) is 20.6. The minimum atomic E-state index is -0.534. The van der Waals surface area contributed by atoms with E-state index in [4.69, 9.17) is 0 Å². The molecule has 0 aliphatic carbocycles. The molecule has 0 radical (unpaired) electrons. The summed E-state index contributed by atoms with van der Waals surface area (Å²) in [5, 5.41) is 12.8. The Balaban J connectivity index is 2.57. The summed E-state index contributed by atoms with van der Waals surface area (Å²) in [7, 11) is 1.27. The van der Waals surface area contributed by atoms with E-state index in [-0.39, 0.29) is 12.2 Å². The van der Waals surface area contributed by atoms with Gasteiger partial charge in [0.25, 0.3) is 5.69 Å². The number of carbonyl (C=O) groups excluding carboxylic acids is 1. The van der Waals surface area contributed by atoms with Crippen LogP contribution in [-0.4, -0.2) is 18.1 Å². The normalized spacial score (nSPS) is 9.40. The van der Waals surface area contributed by atoms with Crippen molar-refractivity contribution >= 4 is 11.8 Å². The molecule has 6 nitrogen and oxygen atoms in total. The number of nitro groups is 1. The summed E-state index contributed by atoms with van der Waals surface area (Å²) < 4.78 is 4.38. The number of amides is 1. The second-order valence-corrected chi connectivity index (χ2v) is 2.77. The average molecular weight is 210 g/mol. The standard InChI is InChI=1S/C9H10N2O4/c1-15-9(12)10-6-7-2-4-8(5-3-7)11(13)14/h2-5H,6H2,1H3,(H,10,12). The molecule has 0 aliphatic heterocycles. The number of nitrogens with one attached hydrogen (secondary N) is 1. The second kappa shape index (κ2) is 4.94. The first-order chi connectivity index (χ1) is 7.13. The highest BCUT2D eigenvalue weighted by Gasteiger charge is 2.04. The van der Waals surface area contributed by atoms with Crippen LogP contribution in [0, 0.1) is 10.1 Å². The van der Waals surface area contributed by atoms with Crippen molar-refractivity contribution < 1.29 is 14.5 Å². The third-order valence-corrected chi connectivity index (χ3v) is 1.77. The van der Waals surface area contributed by atoms with Crippen LogP contribution in [0.5, 0.6) is 0 Å². The summed E-state index contributed by atoms with van der Waals surface area (Å²) in [5.74, 6) is 0. The summed E-state index contributed by atoms with van der Waals surface area (Å²) in [5.41, 5.74) is 0.794. The number of alkyl carbamates (subject to hydrolysis) is 1. The van der Waals surface area contributed by atoms with Gasteiger partial charge in [0.1, 0.15) is 0 Å². The number of non-ortho nitro benzene ring substituents is 1. The molecule has 80 valence electrons. The highest BCUT2D eigenvalue weighted by molar-refractivity contribution is 5.66. The number of hydrogen-bond acceptors (Lipinski definition) is 4. The molecule has 0 unspecified atom stereocenters. The molecule has 1 rings (SSSR count). The molecular weight excluding hydrogens is 200 g/mol. The SMILES string of the molecule is COC(=O)NCc1ccc([N+](=O)[O-])cc1. The van der Waals surface area contributed by atoms with Gasteiger partial charge in [0.15, 0.2) is 0 Å². The molecule has 0 fully saturated rings. The molecule has 15 heavy (non-hydrogen) atoms. The van der Waals surface area contributed by atoms with Crippen molar-refractivity contribution in [2.45, 2.75) is 6.54 Å². The van der Waals surface area contributed by atoms with Crippen molar-refractivity contribution in [2.24, 2.45) is 0 Å². The van der Waals surface area contributed by atoms with E-state index in [0.29, 0.717) is 0 Å². The molecule has 0 aromatic heterocycles. The molecule has 0 heterocycles. The van der Waals surface area contributed by atoms with Crippen LogP contribution in [0.15, 0.2) is 24.3 Å². The van der Waals surface area contributed by atoms with Gasteiger partial charge < -0.3 is 10.1 Å². The van der Waals surface area contributed by atoms with Gasteiger partial charge in [-0.1, -0.05) is 12.1 Å². The van der Waals surface area contributed by atoms with Gasteiger partial charge in [-0.15, -0.1) is 0 Å². The minimum absolute atomic E-state index is 0.0248. The monoisotopic (exact) mass is 210 g/mol. The van der Waals surface area contributed by atoms with Gasteiger partial charge in [0.2, 0.25) is 0 Å². The fourth-order valence-electron chi connectivity index (χ4n) is 0.982. The number of nitro benzene ring substituents is 1. The van der Waals surface area contributed by atoms with Crippen molar-refractivity contribution in [3.05, 3.63) is 39.9 Å². The van der Waals surface area contributed by atoms with E-state index in [0.717, 1.165) is 5.56 Å². The van der Waals surface area contributed by atoms with Crippen LogP contribution < -0.4 is 5.32 Å². The minimum Gasteiger partial charge on any atom is -0.453 e. The molecule has 0 aliphatic rings. The fraction of sp³-hybridized carbons (Fsp3) is 0.222. The van der Waals surface area contributed by atoms with Crippen LogP contribution in [-0.2, 0) is 11.3 Å². The molecule has 0 bridgehead atoms. The Hall–Kier alpha value is -2.11. The van der Waals surface area contributed by atoms with Crippen LogP contribution in [0.2, 0.25) is 0 Å². The third-order valence-electron chi connectivity index (χ3n) is 1.77. The Kier molecular flexibility index (Phi) is 3.61. The van der Waals surface area contributed by atoms with Crippen molar-refractivity contribution in [3.8, 4) is 0 Å². The van der Waals surface area contributed by atoms with E-state index < -0.39 is 11.0 Å². The molecule has 1 aromatic carbocycles. The molecule has 0 saturated heterocycles. The number of methoxy groups -OCH3 is 1. The maximum Gasteiger partial charge on any atom is 0.407 e. The van der Waals surface area contributed by atoms with Crippen molar-refractivity contribution in [1.29, 1.82) is 0 Å². The lowest BCUT2D eigenvalue weighted by Gasteiger charge is -2.02. The van der Waals surface area contributed by atoms with E-state index in [1.165, 1.54) is 19.2 Å². The molecule has 0 spiro atoms. The zero-order chi connectivity index (χ0) is 11.3. The molecule has 0 atom stereocenters. The summed E-state index contributed by atoms with van der Waals surface area (Å²) in [6.07, 6.45) is -0.534. The summed E-state index contributed by atoms with van der Waals surface area (Å²) in [6, 6.07) is 5.92. The van der Waals surface area contributed by atoms with E-state index in [9.17, 15) is 14.9 Å². The fourth-order valence-corrected chi connectivity index (χ4v) is 0.982. The van der Waals surface area contributed by atoms with E-state index in [2.05, 4.69) is 10.1 Å². The number of ether oxygens (including phenoxy) is 1. The number of nitrogens with zero attached hydrogens (tertiary/aromatic N) is 1. The largest absolute Gasteiger partial charge is 0.453 e. The van der Waals surface area contributed by atoms with Crippen LogP contribution in [0.4, 0.5) is 10.5 Å². The zero-order valence-electron chi connectivity index (χ0n) is 8.10. The topological polar surface area (TPSA) is 81.5 Å². The van der Waals surface area contributed by atoms with Crippen LogP contribution in [0.25, 0.3) is 0 Å². The summed E-state index contributed by atoms with van der Waals surface area (Å²) >= 11 is 0. The lowest BCUT2D eigenvalue weighted by atomic mass is 10.2. The van der Waals surface area contributed by atoms with Crippen molar-refractivity contribution in [3.63, 3.8) is 0 Å². The zero-order valence-corrected chi connectivity index (χ0v) is 8.10. The number of hydrogen-bond donors (Lipinski definition) is 1. The maximum atomic E-state index is 10.7. The molecular formula is C9H10N2O4. The average Bonchev–Trinajstić information content (AvgIpc) is 2.26. The Morgan fingerprint density at radius 1 is 1.47 bits per heavy atom. The van der Waals surface area contributed by atoms with E-state index in [1.54, 1.807) is 12.1 Å². The quantitative estimate of drug-likeness (QED) is 0.604. The van der Waals surface area contributed by atoms with E-state index >= 15 is 0 Å².